The van der Waals surface area contributed by atoms with Crippen molar-refractivity contribution in [2.75, 3.05) is 168 Å². The van der Waals surface area contributed by atoms with Crippen LogP contribution in [0.3, 0.4) is 0 Å². The van der Waals surface area contributed by atoms with Crippen LogP contribution in [0.2, 0.25) is 0 Å². The Kier molecular flexibility index (Phi) is 45.4. The molecule has 15 amide bonds. The summed E-state index contributed by atoms with van der Waals surface area (Å²) in [6.07, 6.45) is 4.68. The van der Waals surface area contributed by atoms with Gasteiger partial charge in [-0.3, -0.25) is 71.9 Å². The summed E-state index contributed by atoms with van der Waals surface area (Å²) in [5.41, 5.74) is 10.9. The fraction of sp³-hybridized carbons (Fsp3) is 0.697. The summed E-state index contributed by atoms with van der Waals surface area (Å²) in [7, 11) is 9.57. The predicted molar refractivity (Wildman–Crippen MR) is 416 cm³/mol. The molecule has 36 heteroatoms. The second-order valence-corrected chi connectivity index (χ2v) is 29.7. The molecule has 1 aromatic rings. The lowest BCUT2D eigenvalue weighted by Gasteiger charge is -2.38. The van der Waals surface area contributed by atoms with E-state index in [1.54, 1.807) is 13.8 Å². The molecule has 2 rings (SSSR count). The van der Waals surface area contributed by atoms with Gasteiger partial charge in [-0.1, -0.05) is 74.5 Å². The fourth-order valence-corrected chi connectivity index (χ4v) is 11.7. The minimum Gasteiger partial charge on any atom is -0.378 e. The van der Waals surface area contributed by atoms with E-state index in [2.05, 4.69) is 37.2 Å². The van der Waals surface area contributed by atoms with Crippen molar-refractivity contribution in [3.8, 4) is 0 Å². The molecular formula is C76H128N16O20. The second-order valence-electron chi connectivity index (χ2n) is 29.7. The quantitative estimate of drug-likeness (QED) is 0.0275. The van der Waals surface area contributed by atoms with Crippen molar-refractivity contribution in [3.05, 3.63) is 47.0 Å². The van der Waals surface area contributed by atoms with Gasteiger partial charge >= 0.3 is 0 Å². The molecule has 0 aromatic heterocycles. The Morgan fingerprint density at radius 2 is 0.955 bits per heavy atom. The van der Waals surface area contributed by atoms with Crippen molar-refractivity contribution >= 4 is 88.6 Å². The zero-order chi connectivity index (χ0) is 84.6. The molecule has 1 aromatic carbocycles. The molecule has 8 unspecified atom stereocenters. The van der Waals surface area contributed by atoms with Gasteiger partial charge in [0.2, 0.25) is 76.8 Å². The zero-order valence-corrected chi connectivity index (χ0v) is 69.0. The number of rotatable bonds is 35. The van der Waals surface area contributed by atoms with Gasteiger partial charge in [0, 0.05) is 92.2 Å². The van der Waals surface area contributed by atoms with Gasteiger partial charge in [-0.15, -0.1) is 0 Å². The Labute approximate surface area is 659 Å². The number of amides is 15. The summed E-state index contributed by atoms with van der Waals surface area (Å²) in [6.45, 7) is 17.7. The number of hydrogen-bond donors (Lipinski definition) is 9. The van der Waals surface area contributed by atoms with E-state index < -0.39 is 176 Å². The molecule has 1 aliphatic rings. The first kappa shape index (κ1) is 98.8. The minimum absolute atomic E-state index is 0.00731. The number of allylic oxidation sites excluding steroid dienone is 2. The van der Waals surface area contributed by atoms with Crippen LogP contribution in [-0.4, -0.2) is 333 Å². The lowest BCUT2D eigenvalue weighted by atomic mass is 9.96. The molecule has 1 saturated heterocycles. The summed E-state index contributed by atoms with van der Waals surface area (Å²) in [4.78, 5) is 217. The third-order valence-electron chi connectivity index (χ3n) is 18.2. The molecule has 0 spiro atoms. The molecule has 0 bridgehead atoms. The lowest BCUT2D eigenvalue weighted by Crippen LogP contribution is -2.60. The molecule has 632 valence electrons. The largest absolute Gasteiger partial charge is 0.378 e. The number of primary amides is 1. The zero-order valence-electron chi connectivity index (χ0n) is 69.0. The van der Waals surface area contributed by atoms with Crippen molar-refractivity contribution in [1.82, 2.24) is 71.5 Å². The van der Waals surface area contributed by atoms with Crippen molar-refractivity contribution in [2.45, 2.75) is 151 Å². The van der Waals surface area contributed by atoms with Gasteiger partial charge in [0.05, 0.1) is 85.6 Å². The third-order valence-corrected chi connectivity index (χ3v) is 18.2. The number of carbonyl (C=O) groups is 15. The Balaban J connectivity index is 2.47. The molecular weight excluding hydrogens is 1460 g/mol. The molecule has 8 atom stereocenters. The van der Waals surface area contributed by atoms with Gasteiger partial charge in [-0.2, -0.15) is 0 Å². The van der Waals surface area contributed by atoms with Crippen molar-refractivity contribution in [1.29, 1.82) is 0 Å². The first-order valence-corrected chi connectivity index (χ1v) is 38.1. The highest BCUT2D eigenvalue weighted by atomic mass is 16.5. The van der Waals surface area contributed by atoms with Gasteiger partial charge in [-0.05, 0) is 93.7 Å². The normalized spacial score (nSPS) is 20.6. The molecule has 1 heterocycles. The molecule has 1 fully saturated rings. The second kappa shape index (κ2) is 51.4. The summed E-state index contributed by atoms with van der Waals surface area (Å²) < 4.78 is 27.6. The van der Waals surface area contributed by atoms with Crippen LogP contribution in [-0.2, 0) is 81.2 Å². The van der Waals surface area contributed by atoms with Crippen molar-refractivity contribution in [3.63, 3.8) is 0 Å². The van der Waals surface area contributed by atoms with Crippen LogP contribution >= 0.6 is 0 Å². The maximum absolute atomic E-state index is 15.1. The van der Waals surface area contributed by atoms with Crippen LogP contribution in [0.4, 0.5) is 0 Å². The van der Waals surface area contributed by atoms with Crippen molar-refractivity contribution in [2.24, 2.45) is 41.1 Å². The number of hydrogen-bond acceptors (Lipinski definition) is 21. The van der Waals surface area contributed by atoms with Gasteiger partial charge in [0.1, 0.15) is 48.9 Å². The molecule has 0 saturated carbocycles. The smallest absolute Gasteiger partial charge is 0.251 e. The highest BCUT2D eigenvalue weighted by Crippen LogP contribution is 2.22. The van der Waals surface area contributed by atoms with E-state index in [1.165, 1.54) is 89.2 Å². The van der Waals surface area contributed by atoms with E-state index in [0.717, 1.165) is 19.6 Å². The number of nitrogens with one attached hydrogen (secondary N) is 7. The highest BCUT2D eigenvalue weighted by molar-refractivity contribution is 6.04. The van der Waals surface area contributed by atoms with Gasteiger partial charge < -0.3 is 107 Å². The summed E-state index contributed by atoms with van der Waals surface area (Å²) in [5.74, 6) is -12.1. The number of benzene rings is 1. The van der Waals surface area contributed by atoms with E-state index in [4.69, 9.17) is 35.2 Å². The topological polar surface area (TPSA) is 461 Å². The average Bonchev–Trinajstić information content (AvgIpc) is 0.811. The van der Waals surface area contributed by atoms with Crippen molar-refractivity contribution < 1.29 is 95.6 Å². The summed E-state index contributed by atoms with van der Waals surface area (Å²) in [5, 5.41) is 18.5. The van der Waals surface area contributed by atoms with Crippen LogP contribution in [0, 0.1) is 29.6 Å². The number of nitrogens with two attached hydrogens (primary N) is 2. The third kappa shape index (κ3) is 35.2. The average molecular weight is 1590 g/mol. The van der Waals surface area contributed by atoms with Crippen LogP contribution in [0.1, 0.15) is 139 Å². The maximum atomic E-state index is 15.1. The monoisotopic (exact) mass is 1580 g/mol. The van der Waals surface area contributed by atoms with Crippen LogP contribution in [0.15, 0.2) is 30.4 Å². The fourth-order valence-electron chi connectivity index (χ4n) is 11.7. The first-order chi connectivity index (χ1) is 52.7. The Hall–Kier alpha value is -9.23. The van der Waals surface area contributed by atoms with Crippen LogP contribution < -0.4 is 48.7 Å². The standard InChI is InChI=1S/C76H128N16O20/c1-19-20-21-51(10)37-58-71(102)82-41-63(95)86(12)43-64(96)89(15)57(34-47(2)3)72(103)85-66(50(8)9)76(107)87(13)42-61(93)83-52(11)68(99)84-56(73(104)91(17)60(36-49(6)7)75(106)92(18)59(35-48(4)5)74(105)88(14)44-65(97)90(58)16)45-112-46-62(94)79-23-27-109-32-33-111-29-25-81-70(101)55-39-53(67(78)98)38-54(40-55)69(100)80-24-28-110-31-30-108-26-22-77/h19-20,38-40,47-52,56-60,66H,21-37,41-46,77H2,1-18H3,(H2,78,98)(H,79,94)(H,80,100)(H,81,101)(H,82,102)(H,83,93)(H,84,99)(H,85,103). The van der Waals surface area contributed by atoms with E-state index in [0.29, 0.717) is 32.8 Å². The molecule has 0 aliphatic carbocycles. The number of likely N-dealkylation sites (N-methyl/N-ethyl adjacent to an activating group) is 7. The van der Waals surface area contributed by atoms with E-state index in [9.17, 15) is 62.3 Å². The minimum atomic E-state index is -1.64. The molecule has 11 N–H and O–H groups in total. The predicted octanol–water partition coefficient (Wildman–Crippen LogP) is -1.52. The number of carbonyl (C=O) groups excluding carboxylic acids is 15. The molecule has 0 radical (unpaired) electrons. The Bertz CT molecular complexity index is 3320. The summed E-state index contributed by atoms with van der Waals surface area (Å²) in [6, 6.07) is -5.26. The number of ether oxygens (including phenoxy) is 5. The molecule has 1 aliphatic heterocycles. The summed E-state index contributed by atoms with van der Waals surface area (Å²) >= 11 is 0. The molecule has 112 heavy (non-hydrogen) atoms. The number of nitrogens with zero attached hydrogens (tertiary/aromatic N) is 7. The van der Waals surface area contributed by atoms with Crippen LogP contribution in [0.5, 0.6) is 0 Å². The Morgan fingerprint density at radius 3 is 1.45 bits per heavy atom. The van der Waals surface area contributed by atoms with E-state index in [-0.39, 0.29) is 119 Å². The van der Waals surface area contributed by atoms with Crippen LogP contribution in [0.25, 0.3) is 0 Å². The van der Waals surface area contributed by atoms with E-state index in [1.807, 2.05) is 67.5 Å². The first-order valence-electron chi connectivity index (χ1n) is 38.1. The van der Waals surface area contributed by atoms with E-state index >= 15 is 9.59 Å². The van der Waals surface area contributed by atoms with Gasteiger partial charge in [-0.25, -0.2) is 0 Å². The van der Waals surface area contributed by atoms with Gasteiger partial charge in [0.25, 0.3) is 11.8 Å². The molecule has 36 nitrogen and oxygen atoms in total. The SMILES string of the molecule is CC=CCC(C)CC1C(=O)NCC(=O)N(C)CC(=O)N(C)C(CC(C)C)C(=O)NC(C(C)C)C(=O)N(C)CC(=O)NC(C)C(=O)NC(COCC(=O)NCCOCCOCCNC(=O)c2cc(C(N)=O)cc(C(=O)NCCOCCOCCN)c2)C(=O)N(C)C(CC(C)C)C(=O)N(C)C(CC(C)C)C(=O)N(C)CC(=O)N1C. The highest BCUT2D eigenvalue weighted by Gasteiger charge is 2.41. The maximum Gasteiger partial charge on any atom is 0.251 e. The van der Waals surface area contributed by atoms with Gasteiger partial charge in [0.15, 0.2) is 0 Å². The Morgan fingerprint density at radius 1 is 0.500 bits per heavy atom. The lowest BCUT2D eigenvalue weighted by molar-refractivity contribution is -0.153.